The number of nitrogens with two attached hydrogens (primary N) is 1. The molecule has 1 aromatic carbocycles. The molecule has 0 radical (unpaired) electrons. The van der Waals surface area contributed by atoms with E-state index < -0.39 is 0 Å². The average molecular weight is 329 g/mol. The van der Waals surface area contributed by atoms with Crippen molar-refractivity contribution in [2.75, 3.05) is 31.2 Å². The lowest BCUT2D eigenvalue weighted by Crippen LogP contribution is -2.27. The summed E-state index contributed by atoms with van der Waals surface area (Å²) in [6.45, 7) is 6.47. The minimum absolute atomic E-state index is 0.0951. The Morgan fingerprint density at radius 1 is 1.29 bits per heavy atom. The first-order chi connectivity index (χ1) is 11.6. The quantitative estimate of drug-likeness (QED) is 0.880. The highest BCUT2D eigenvalue weighted by molar-refractivity contribution is 5.94. The molecule has 1 atom stereocenters. The van der Waals surface area contributed by atoms with E-state index in [1.807, 2.05) is 32.0 Å². The van der Waals surface area contributed by atoms with E-state index in [1.165, 1.54) is 0 Å². The van der Waals surface area contributed by atoms with Gasteiger partial charge in [0.1, 0.15) is 0 Å². The zero-order chi connectivity index (χ0) is 17.1. The number of ether oxygens (including phenoxy) is 2. The highest BCUT2D eigenvalue weighted by Crippen LogP contribution is 2.37. The third-order valence-electron chi connectivity index (χ3n) is 4.32. The summed E-state index contributed by atoms with van der Waals surface area (Å²) in [4.78, 5) is 18.1. The van der Waals surface area contributed by atoms with E-state index in [9.17, 15) is 4.79 Å². The Kier molecular flexibility index (Phi) is 4.74. The number of nitrogens with zero attached hydrogens (tertiary/aromatic N) is 2. The summed E-state index contributed by atoms with van der Waals surface area (Å²) in [7, 11) is 0. The van der Waals surface area contributed by atoms with Crippen molar-refractivity contribution < 1.29 is 14.3 Å². The Hall–Kier alpha value is -2.50. The van der Waals surface area contributed by atoms with Crippen LogP contribution in [0.2, 0.25) is 0 Å². The first-order valence-corrected chi connectivity index (χ1v) is 8.36. The first-order valence-electron chi connectivity index (χ1n) is 8.36. The van der Waals surface area contributed by atoms with Gasteiger partial charge < -0.3 is 20.1 Å². The molecular weight excluding hydrogens is 306 g/mol. The van der Waals surface area contributed by atoms with Crippen molar-refractivity contribution in [2.24, 2.45) is 11.7 Å². The lowest BCUT2D eigenvalue weighted by molar-refractivity contribution is -0.121. The predicted molar refractivity (Wildman–Crippen MR) is 93.6 cm³/mol. The van der Waals surface area contributed by atoms with Gasteiger partial charge in [0.2, 0.25) is 5.91 Å². The van der Waals surface area contributed by atoms with Crippen molar-refractivity contribution in [1.82, 2.24) is 4.98 Å². The van der Waals surface area contributed by atoms with Gasteiger partial charge in [-0.15, -0.1) is 0 Å². The van der Waals surface area contributed by atoms with E-state index in [2.05, 4.69) is 9.88 Å². The summed E-state index contributed by atoms with van der Waals surface area (Å²) in [5.74, 6) is 1.09. The van der Waals surface area contributed by atoms with E-state index in [0.29, 0.717) is 31.3 Å². The second-order valence-corrected chi connectivity index (χ2v) is 5.85. The van der Waals surface area contributed by atoms with Crippen LogP contribution in [0.5, 0.6) is 11.5 Å². The van der Waals surface area contributed by atoms with Crippen molar-refractivity contribution >= 4 is 22.5 Å². The van der Waals surface area contributed by atoms with E-state index in [0.717, 1.165) is 29.6 Å². The van der Waals surface area contributed by atoms with Crippen LogP contribution < -0.4 is 20.1 Å². The van der Waals surface area contributed by atoms with Gasteiger partial charge in [0.05, 0.1) is 24.6 Å². The van der Waals surface area contributed by atoms with E-state index in [4.69, 9.17) is 15.2 Å². The van der Waals surface area contributed by atoms with Crippen LogP contribution in [0.1, 0.15) is 20.3 Å². The van der Waals surface area contributed by atoms with Crippen molar-refractivity contribution in [3.05, 3.63) is 24.4 Å². The van der Waals surface area contributed by atoms with Gasteiger partial charge in [0, 0.05) is 36.4 Å². The maximum Gasteiger partial charge on any atom is 0.222 e. The third-order valence-corrected chi connectivity index (χ3v) is 4.32. The zero-order valence-electron chi connectivity index (χ0n) is 14.1. The van der Waals surface area contributed by atoms with Crippen LogP contribution in [0.4, 0.5) is 5.69 Å². The van der Waals surface area contributed by atoms with Crippen molar-refractivity contribution in [2.45, 2.75) is 20.3 Å². The summed E-state index contributed by atoms with van der Waals surface area (Å²) in [6, 6.07) is 5.86. The largest absolute Gasteiger partial charge is 0.490 e. The molecule has 0 aliphatic carbocycles. The fourth-order valence-electron chi connectivity index (χ4n) is 3.16. The molecule has 1 unspecified atom stereocenters. The molecular formula is C18H23N3O3. The Morgan fingerprint density at radius 3 is 2.62 bits per heavy atom. The number of aromatic nitrogens is 1. The smallest absolute Gasteiger partial charge is 0.222 e. The SMILES string of the molecule is CCOc1cc2nccc(N3CCC(C(N)=O)C3)c2cc1OCC. The van der Waals surface area contributed by atoms with Crippen molar-refractivity contribution in [1.29, 1.82) is 0 Å². The van der Waals surface area contributed by atoms with Crippen molar-refractivity contribution in [3.8, 4) is 11.5 Å². The first kappa shape index (κ1) is 16.4. The predicted octanol–water partition coefficient (Wildman–Crippen LogP) is 2.34. The van der Waals surface area contributed by atoms with E-state index >= 15 is 0 Å². The number of carbonyl (C=O) groups excluding carboxylic acids is 1. The maximum atomic E-state index is 11.4. The number of carbonyl (C=O) groups is 1. The Morgan fingerprint density at radius 2 is 2.00 bits per heavy atom. The van der Waals surface area contributed by atoms with Gasteiger partial charge in [0.15, 0.2) is 11.5 Å². The number of hydrogen-bond donors (Lipinski definition) is 1. The number of pyridine rings is 1. The number of fused-ring (bicyclic) bond motifs is 1. The van der Waals surface area contributed by atoms with Gasteiger partial charge in [0.25, 0.3) is 0 Å². The summed E-state index contributed by atoms with van der Waals surface area (Å²) >= 11 is 0. The zero-order valence-corrected chi connectivity index (χ0v) is 14.1. The van der Waals surface area contributed by atoms with Crippen LogP contribution in [0.3, 0.4) is 0 Å². The minimum Gasteiger partial charge on any atom is -0.490 e. The number of hydrogen-bond acceptors (Lipinski definition) is 5. The van der Waals surface area contributed by atoms with Gasteiger partial charge in [-0.2, -0.15) is 0 Å². The molecule has 1 aliphatic heterocycles. The molecule has 0 saturated carbocycles. The molecule has 1 aromatic heterocycles. The molecule has 24 heavy (non-hydrogen) atoms. The summed E-state index contributed by atoms with van der Waals surface area (Å²) in [5, 5.41) is 0.995. The topological polar surface area (TPSA) is 77.7 Å². The lowest BCUT2D eigenvalue weighted by atomic mass is 10.1. The lowest BCUT2D eigenvalue weighted by Gasteiger charge is -2.21. The number of primary amides is 1. The molecule has 2 N–H and O–H groups in total. The average Bonchev–Trinajstić information content (AvgIpc) is 3.05. The van der Waals surface area contributed by atoms with Crippen LogP contribution in [0.15, 0.2) is 24.4 Å². The summed E-state index contributed by atoms with van der Waals surface area (Å²) in [6.07, 6.45) is 2.57. The fourth-order valence-corrected chi connectivity index (χ4v) is 3.16. The van der Waals surface area contributed by atoms with Crippen LogP contribution >= 0.6 is 0 Å². The molecule has 0 bridgehead atoms. The minimum atomic E-state index is -0.232. The molecule has 1 saturated heterocycles. The van der Waals surface area contributed by atoms with E-state index in [1.54, 1.807) is 6.20 Å². The van der Waals surface area contributed by atoms with Gasteiger partial charge >= 0.3 is 0 Å². The van der Waals surface area contributed by atoms with Crippen LogP contribution in [-0.2, 0) is 4.79 Å². The van der Waals surface area contributed by atoms with Gasteiger partial charge in [-0.25, -0.2) is 0 Å². The maximum absolute atomic E-state index is 11.4. The summed E-state index contributed by atoms with van der Waals surface area (Å²) in [5.41, 5.74) is 7.35. The molecule has 6 nitrogen and oxygen atoms in total. The standard InChI is InChI=1S/C18H23N3O3/c1-3-23-16-9-13-14(10-17(16)24-4-2)20-7-5-15(13)21-8-6-12(11-21)18(19)22/h5,7,9-10,12H,3-4,6,8,11H2,1-2H3,(H2,19,22). The molecule has 2 heterocycles. The number of rotatable bonds is 6. The molecule has 1 aliphatic rings. The molecule has 6 heteroatoms. The molecule has 3 rings (SSSR count). The second-order valence-electron chi connectivity index (χ2n) is 5.85. The van der Waals surface area contributed by atoms with Crippen LogP contribution in [0, 0.1) is 5.92 Å². The number of anilines is 1. The fraction of sp³-hybridized carbons (Fsp3) is 0.444. The Balaban J connectivity index is 2.03. The monoisotopic (exact) mass is 329 g/mol. The summed E-state index contributed by atoms with van der Waals surface area (Å²) < 4.78 is 11.4. The van der Waals surface area contributed by atoms with Crippen LogP contribution in [0.25, 0.3) is 10.9 Å². The second kappa shape index (κ2) is 6.95. The normalized spacial score (nSPS) is 17.2. The van der Waals surface area contributed by atoms with Gasteiger partial charge in [-0.1, -0.05) is 0 Å². The number of amides is 1. The Bertz CT molecular complexity index is 748. The molecule has 1 fully saturated rings. The Labute approximate surface area is 141 Å². The van der Waals surface area contributed by atoms with Gasteiger partial charge in [-0.05, 0) is 32.4 Å². The highest BCUT2D eigenvalue weighted by atomic mass is 16.5. The molecule has 1 amide bonds. The third kappa shape index (κ3) is 3.09. The van der Waals surface area contributed by atoms with Crippen LogP contribution in [-0.4, -0.2) is 37.2 Å². The number of benzene rings is 1. The molecule has 2 aromatic rings. The van der Waals surface area contributed by atoms with E-state index in [-0.39, 0.29) is 11.8 Å². The molecule has 0 spiro atoms. The molecule has 128 valence electrons. The van der Waals surface area contributed by atoms with Gasteiger partial charge in [-0.3, -0.25) is 9.78 Å². The highest BCUT2D eigenvalue weighted by Gasteiger charge is 2.28. The van der Waals surface area contributed by atoms with Crippen molar-refractivity contribution in [3.63, 3.8) is 0 Å².